The van der Waals surface area contributed by atoms with E-state index in [1.165, 1.54) is 0 Å². The van der Waals surface area contributed by atoms with E-state index in [4.69, 9.17) is 5.11 Å². The largest absolute Gasteiger partial charge is 0.508 e. The predicted molar refractivity (Wildman–Crippen MR) is 56.9 cm³/mol. The lowest BCUT2D eigenvalue weighted by Gasteiger charge is -2.12. The molecule has 0 bridgehead atoms. The van der Waals surface area contributed by atoms with Crippen LogP contribution in [-0.4, -0.2) is 28.8 Å². The molecule has 82 valence electrons. The van der Waals surface area contributed by atoms with E-state index in [0.717, 1.165) is 5.56 Å². The molecule has 0 saturated heterocycles. The Bertz CT molecular complexity index is 338. The molecule has 0 aromatic heterocycles. The van der Waals surface area contributed by atoms with E-state index < -0.39 is 5.97 Å². The molecule has 1 aromatic carbocycles. The van der Waals surface area contributed by atoms with Crippen LogP contribution in [0.4, 0.5) is 0 Å². The maximum absolute atomic E-state index is 10.3. The molecule has 1 unspecified atom stereocenters. The Labute approximate surface area is 88.6 Å². The number of benzene rings is 1. The number of nitrogens with one attached hydrogen (secondary N) is 1. The van der Waals surface area contributed by atoms with Crippen LogP contribution in [-0.2, 0) is 11.2 Å². The molecule has 15 heavy (non-hydrogen) atoms. The maximum Gasteiger partial charge on any atom is 0.317 e. The molecule has 3 N–H and O–H groups in total. The van der Waals surface area contributed by atoms with Crippen LogP contribution in [0.2, 0.25) is 0 Å². The minimum Gasteiger partial charge on any atom is -0.508 e. The van der Waals surface area contributed by atoms with Crippen LogP contribution in [0, 0.1) is 0 Å². The quantitative estimate of drug-likeness (QED) is 0.676. The van der Waals surface area contributed by atoms with E-state index in [-0.39, 0.29) is 18.3 Å². The number of phenolic OH excluding ortho intramolecular Hbond substituents is 1. The summed E-state index contributed by atoms with van der Waals surface area (Å²) in [6.07, 6.45) is 0.696. The van der Waals surface area contributed by atoms with Crippen molar-refractivity contribution in [3.05, 3.63) is 29.8 Å². The van der Waals surface area contributed by atoms with Crippen molar-refractivity contribution in [3.8, 4) is 5.75 Å². The van der Waals surface area contributed by atoms with E-state index >= 15 is 0 Å². The number of carboxylic acid groups (broad SMARTS) is 1. The molecule has 1 rings (SSSR count). The molecule has 1 atom stereocenters. The molecule has 4 heteroatoms. The summed E-state index contributed by atoms with van der Waals surface area (Å²) in [6, 6.07) is 7.04. The Morgan fingerprint density at radius 2 is 2.27 bits per heavy atom. The Kier molecular flexibility index (Phi) is 4.12. The van der Waals surface area contributed by atoms with Crippen molar-refractivity contribution in [2.75, 3.05) is 6.54 Å². The molecule has 1 aromatic rings. The van der Waals surface area contributed by atoms with Gasteiger partial charge in [-0.15, -0.1) is 0 Å². The van der Waals surface area contributed by atoms with E-state index in [1.54, 1.807) is 18.2 Å². The van der Waals surface area contributed by atoms with Crippen LogP contribution < -0.4 is 5.32 Å². The summed E-state index contributed by atoms with van der Waals surface area (Å²) in [7, 11) is 0. The summed E-state index contributed by atoms with van der Waals surface area (Å²) in [5, 5.41) is 20.6. The molecule has 0 aliphatic rings. The van der Waals surface area contributed by atoms with Crippen LogP contribution in [0.15, 0.2) is 24.3 Å². The first kappa shape index (κ1) is 11.5. The topological polar surface area (TPSA) is 69.6 Å². The summed E-state index contributed by atoms with van der Waals surface area (Å²) >= 11 is 0. The number of carbonyl (C=O) groups is 1. The zero-order chi connectivity index (χ0) is 11.3. The van der Waals surface area contributed by atoms with Gasteiger partial charge in [-0.05, 0) is 31.0 Å². The molecule has 0 fully saturated rings. The van der Waals surface area contributed by atoms with Gasteiger partial charge in [0.05, 0.1) is 6.54 Å². The van der Waals surface area contributed by atoms with E-state index in [1.807, 2.05) is 13.0 Å². The third-order valence-corrected chi connectivity index (χ3v) is 2.05. The lowest BCUT2D eigenvalue weighted by Crippen LogP contribution is -2.32. The first-order chi connectivity index (χ1) is 7.08. The number of carboxylic acids is 1. The normalized spacial score (nSPS) is 12.3. The molecule has 0 radical (unpaired) electrons. The molecule has 4 nitrogen and oxygen atoms in total. The van der Waals surface area contributed by atoms with Crippen LogP contribution in [0.1, 0.15) is 12.5 Å². The van der Waals surface area contributed by atoms with Gasteiger partial charge in [0.2, 0.25) is 0 Å². The van der Waals surface area contributed by atoms with Crippen molar-refractivity contribution in [3.63, 3.8) is 0 Å². The summed E-state index contributed by atoms with van der Waals surface area (Å²) in [4.78, 5) is 10.3. The molecule has 0 aliphatic heterocycles. The number of phenols is 1. The monoisotopic (exact) mass is 209 g/mol. The average Bonchev–Trinajstić information content (AvgIpc) is 2.15. The third-order valence-electron chi connectivity index (χ3n) is 2.05. The zero-order valence-electron chi connectivity index (χ0n) is 8.60. The molecule has 0 amide bonds. The predicted octanol–water partition coefficient (Wildman–Crippen LogP) is 0.997. The Hall–Kier alpha value is -1.55. The smallest absolute Gasteiger partial charge is 0.317 e. The van der Waals surface area contributed by atoms with Crippen LogP contribution in [0.5, 0.6) is 5.75 Å². The van der Waals surface area contributed by atoms with Crippen molar-refractivity contribution < 1.29 is 15.0 Å². The Balaban J connectivity index is 2.44. The summed E-state index contributed by atoms with van der Waals surface area (Å²) in [5.41, 5.74) is 0.986. The van der Waals surface area contributed by atoms with E-state index in [9.17, 15) is 9.90 Å². The van der Waals surface area contributed by atoms with Gasteiger partial charge in [0, 0.05) is 6.04 Å². The molecule has 0 spiro atoms. The van der Waals surface area contributed by atoms with E-state index in [2.05, 4.69) is 5.32 Å². The molecule has 0 heterocycles. The highest BCUT2D eigenvalue weighted by atomic mass is 16.4. The lowest BCUT2D eigenvalue weighted by molar-refractivity contribution is -0.136. The highest BCUT2D eigenvalue weighted by Crippen LogP contribution is 2.12. The minimum atomic E-state index is -0.863. The fourth-order valence-electron chi connectivity index (χ4n) is 1.37. The van der Waals surface area contributed by atoms with Gasteiger partial charge in [0.15, 0.2) is 0 Å². The number of hydrogen-bond acceptors (Lipinski definition) is 3. The van der Waals surface area contributed by atoms with Gasteiger partial charge < -0.3 is 15.5 Å². The minimum absolute atomic E-state index is 0.0417. The number of aliphatic carboxylic acids is 1. The van der Waals surface area contributed by atoms with Gasteiger partial charge in [-0.25, -0.2) is 0 Å². The maximum atomic E-state index is 10.3. The van der Waals surface area contributed by atoms with Crippen molar-refractivity contribution in [1.29, 1.82) is 0 Å². The number of hydrogen-bond donors (Lipinski definition) is 3. The van der Waals surface area contributed by atoms with Gasteiger partial charge in [-0.3, -0.25) is 4.79 Å². The summed E-state index contributed by atoms with van der Waals surface area (Å²) in [6.45, 7) is 1.87. The first-order valence-corrected chi connectivity index (χ1v) is 4.81. The summed E-state index contributed by atoms with van der Waals surface area (Å²) < 4.78 is 0. The van der Waals surface area contributed by atoms with Crippen molar-refractivity contribution >= 4 is 5.97 Å². The van der Waals surface area contributed by atoms with Crippen LogP contribution >= 0.6 is 0 Å². The lowest BCUT2D eigenvalue weighted by atomic mass is 10.1. The standard InChI is InChI=1S/C11H15NO3/c1-8(12-7-11(14)15)5-9-3-2-4-10(13)6-9/h2-4,6,8,12-13H,5,7H2,1H3,(H,14,15). The Morgan fingerprint density at radius 1 is 1.53 bits per heavy atom. The highest BCUT2D eigenvalue weighted by Gasteiger charge is 2.05. The second kappa shape index (κ2) is 5.36. The van der Waals surface area contributed by atoms with E-state index in [0.29, 0.717) is 6.42 Å². The van der Waals surface area contributed by atoms with Gasteiger partial charge in [0.1, 0.15) is 5.75 Å². The fraction of sp³-hybridized carbons (Fsp3) is 0.364. The van der Waals surface area contributed by atoms with Crippen molar-refractivity contribution in [2.45, 2.75) is 19.4 Å². The second-order valence-corrected chi connectivity index (χ2v) is 3.55. The zero-order valence-corrected chi connectivity index (χ0v) is 8.60. The van der Waals surface area contributed by atoms with Crippen molar-refractivity contribution in [1.82, 2.24) is 5.32 Å². The molecular formula is C11H15NO3. The first-order valence-electron chi connectivity index (χ1n) is 4.81. The Morgan fingerprint density at radius 3 is 2.87 bits per heavy atom. The number of rotatable bonds is 5. The highest BCUT2D eigenvalue weighted by molar-refractivity contribution is 5.69. The SMILES string of the molecule is CC(Cc1cccc(O)c1)NCC(=O)O. The third kappa shape index (κ3) is 4.46. The average molecular weight is 209 g/mol. The van der Waals surface area contributed by atoms with Crippen LogP contribution in [0.25, 0.3) is 0 Å². The van der Waals surface area contributed by atoms with Crippen LogP contribution in [0.3, 0.4) is 0 Å². The van der Waals surface area contributed by atoms with Gasteiger partial charge >= 0.3 is 5.97 Å². The summed E-state index contributed by atoms with van der Waals surface area (Å²) in [5.74, 6) is -0.629. The van der Waals surface area contributed by atoms with Gasteiger partial charge in [-0.2, -0.15) is 0 Å². The van der Waals surface area contributed by atoms with Crippen molar-refractivity contribution in [2.24, 2.45) is 0 Å². The fourth-order valence-corrected chi connectivity index (χ4v) is 1.37. The molecular weight excluding hydrogens is 194 g/mol. The number of aromatic hydroxyl groups is 1. The molecule has 0 saturated carbocycles. The van der Waals surface area contributed by atoms with Gasteiger partial charge in [-0.1, -0.05) is 12.1 Å². The molecule has 0 aliphatic carbocycles. The second-order valence-electron chi connectivity index (χ2n) is 3.55. The van der Waals surface area contributed by atoms with Gasteiger partial charge in [0.25, 0.3) is 0 Å².